The first-order valence-corrected chi connectivity index (χ1v) is 17.0. The van der Waals surface area contributed by atoms with Crippen molar-refractivity contribution in [1.29, 1.82) is 0 Å². The number of hydrogen-bond acceptors (Lipinski definition) is 3. The highest BCUT2D eigenvalue weighted by Gasteiger charge is 2.53. The van der Waals surface area contributed by atoms with Crippen LogP contribution in [0.3, 0.4) is 0 Å². The van der Waals surface area contributed by atoms with Crippen molar-refractivity contribution in [3.05, 3.63) is 29.3 Å². The summed E-state index contributed by atoms with van der Waals surface area (Å²) in [6, 6.07) is 4.65. The van der Waals surface area contributed by atoms with E-state index in [0.29, 0.717) is 5.56 Å². The number of benzene rings is 1. The van der Waals surface area contributed by atoms with Crippen LogP contribution in [0.1, 0.15) is 107 Å². The molecule has 5 heteroatoms. The average molecular weight is 481 g/mol. The van der Waals surface area contributed by atoms with E-state index in [1.54, 1.807) is 103 Å². The molecule has 1 aromatic rings. The lowest BCUT2D eigenvalue weighted by Gasteiger charge is -2.46. The summed E-state index contributed by atoms with van der Waals surface area (Å²) in [6.07, 6.45) is 23.6. The zero-order chi connectivity index (χ0) is 23.2. The van der Waals surface area contributed by atoms with Gasteiger partial charge in [0.1, 0.15) is 10.1 Å². The molecule has 0 heterocycles. The maximum Gasteiger partial charge on any atom is 0.124 e. The van der Waals surface area contributed by atoms with E-state index in [4.69, 9.17) is 0 Å². The molecule has 1 aromatic carbocycles. The first kappa shape index (κ1) is 26.2. The van der Waals surface area contributed by atoms with Gasteiger partial charge in [0.2, 0.25) is 0 Å². The summed E-state index contributed by atoms with van der Waals surface area (Å²) in [5.74, 6) is 0. The van der Waals surface area contributed by atoms with Gasteiger partial charge in [-0.25, -0.2) is 8.42 Å². The molecule has 3 fully saturated rings. The summed E-state index contributed by atoms with van der Waals surface area (Å²) in [5.41, 5.74) is 4.90. The van der Waals surface area contributed by atoms with Crippen molar-refractivity contribution >= 4 is 17.4 Å². The molecule has 0 saturated heterocycles. The van der Waals surface area contributed by atoms with Crippen molar-refractivity contribution in [2.24, 2.45) is 0 Å². The average Bonchev–Trinajstić information content (AvgIpc) is 2.82. The summed E-state index contributed by atoms with van der Waals surface area (Å²) < 4.78 is 32.0. The largest absolute Gasteiger partial charge is 0.744 e. The van der Waals surface area contributed by atoms with Crippen LogP contribution in [-0.4, -0.2) is 36.6 Å². The lowest BCUT2D eigenvalue weighted by Crippen LogP contribution is -2.35. The topological polar surface area (TPSA) is 57.2 Å². The molecule has 0 amide bonds. The summed E-state index contributed by atoms with van der Waals surface area (Å²) in [6.45, 7) is 6.26. The third-order valence-corrected chi connectivity index (χ3v) is 16.2. The highest BCUT2D eigenvalue weighted by atomic mass is 32.2. The van der Waals surface area contributed by atoms with Gasteiger partial charge in [-0.05, 0) is 108 Å². The second-order valence-electron chi connectivity index (χ2n) is 10.7. The van der Waals surface area contributed by atoms with E-state index >= 15 is 0 Å². The predicted octanol–water partition coefficient (Wildman–Crippen LogP) is 7.84. The van der Waals surface area contributed by atoms with Gasteiger partial charge in [-0.1, -0.05) is 31.4 Å². The van der Waals surface area contributed by atoms with Gasteiger partial charge in [-0.15, -0.1) is 0 Å². The van der Waals surface area contributed by atoms with Crippen LogP contribution in [0.2, 0.25) is 0 Å². The second-order valence-corrected chi connectivity index (χ2v) is 16.7. The first-order chi connectivity index (χ1) is 15.2. The van der Waals surface area contributed by atoms with Crippen molar-refractivity contribution in [3.8, 4) is 0 Å². The van der Waals surface area contributed by atoms with Crippen LogP contribution in [-0.2, 0) is 10.1 Å². The fourth-order valence-corrected chi connectivity index (χ4v) is 13.8. The fraction of sp³-hybridized carbons (Fsp3) is 0.778. The molecule has 32 heavy (non-hydrogen) atoms. The van der Waals surface area contributed by atoms with Gasteiger partial charge < -0.3 is 4.55 Å². The Morgan fingerprint density at radius 2 is 1.09 bits per heavy atom. The Labute approximate surface area is 198 Å². The van der Waals surface area contributed by atoms with Crippen LogP contribution in [0, 0.1) is 13.8 Å². The standard InChI is InChI=1S/C19H36P.C8H10O3S/c1-20(17-11-5-2-6-12-17,18-13-7-3-8-14-18)19-15-9-4-10-16-19;1-6-4-3-5-8(7(6)2)12(9,10)11/h17-19H,2-16H2,1H3;3-5H,1-2H3,(H,9,10,11)/q+1;/p-1. The molecule has 0 atom stereocenters. The second kappa shape index (κ2) is 11.8. The van der Waals surface area contributed by atoms with E-state index in [9.17, 15) is 13.0 Å². The third-order valence-electron chi connectivity index (χ3n) is 8.91. The van der Waals surface area contributed by atoms with E-state index in [1.165, 1.54) is 42.3 Å². The van der Waals surface area contributed by atoms with Gasteiger partial charge in [-0.2, -0.15) is 0 Å². The molecule has 3 nitrogen and oxygen atoms in total. The van der Waals surface area contributed by atoms with Gasteiger partial charge in [0.05, 0.1) is 21.9 Å². The lowest BCUT2D eigenvalue weighted by atomic mass is 9.99. The van der Waals surface area contributed by atoms with Gasteiger partial charge in [-0.3, -0.25) is 0 Å². The fourth-order valence-electron chi connectivity index (χ4n) is 6.80. The SMILES string of the molecule is C[P+](C1CCCCC1)(C1CCCCC1)C1CCCCC1.Cc1cccc(S(=O)(=O)[O-])c1C. The summed E-state index contributed by atoms with van der Waals surface area (Å²) in [5, 5.41) is 0. The van der Waals surface area contributed by atoms with Crippen LogP contribution in [0.5, 0.6) is 0 Å². The Balaban J connectivity index is 0.000000207. The summed E-state index contributed by atoms with van der Waals surface area (Å²) in [4.78, 5) is -0.123. The van der Waals surface area contributed by atoms with Gasteiger partial charge in [0, 0.05) is 13.9 Å². The Morgan fingerprint density at radius 3 is 1.41 bits per heavy atom. The van der Waals surface area contributed by atoms with Crippen LogP contribution < -0.4 is 0 Å². The molecule has 0 spiro atoms. The monoisotopic (exact) mass is 480 g/mol. The highest BCUT2D eigenvalue weighted by Crippen LogP contribution is 2.74. The molecule has 0 aromatic heterocycles. The summed E-state index contributed by atoms with van der Waals surface area (Å²) in [7, 11) is -5.00. The van der Waals surface area contributed by atoms with E-state index in [-0.39, 0.29) is 4.90 Å². The number of rotatable bonds is 4. The molecule has 0 radical (unpaired) electrons. The molecule has 4 rings (SSSR count). The zero-order valence-corrected chi connectivity index (χ0v) is 22.4. The Kier molecular flexibility index (Phi) is 9.65. The van der Waals surface area contributed by atoms with Crippen LogP contribution in [0.25, 0.3) is 0 Å². The smallest absolute Gasteiger partial charge is 0.124 e. The van der Waals surface area contributed by atoms with Crippen molar-refractivity contribution in [3.63, 3.8) is 0 Å². The van der Waals surface area contributed by atoms with Crippen molar-refractivity contribution in [2.45, 2.75) is 132 Å². The van der Waals surface area contributed by atoms with E-state index in [2.05, 4.69) is 6.66 Å². The molecule has 3 aliphatic carbocycles. The quantitative estimate of drug-likeness (QED) is 0.326. The minimum atomic E-state index is -4.31. The van der Waals surface area contributed by atoms with Crippen molar-refractivity contribution in [2.75, 3.05) is 6.66 Å². The molecule has 3 saturated carbocycles. The molecule has 0 aliphatic heterocycles. The normalized spacial score (nSPS) is 22.2. The maximum absolute atomic E-state index is 10.7. The molecule has 0 N–H and O–H groups in total. The lowest BCUT2D eigenvalue weighted by molar-refractivity contribution is 0.453. The zero-order valence-electron chi connectivity index (χ0n) is 20.7. The Hall–Kier alpha value is -0.440. The van der Waals surface area contributed by atoms with Gasteiger partial charge in [0.25, 0.3) is 0 Å². The van der Waals surface area contributed by atoms with E-state index in [0.717, 1.165) is 5.56 Å². The Morgan fingerprint density at radius 1 is 0.719 bits per heavy atom. The van der Waals surface area contributed by atoms with E-state index < -0.39 is 17.4 Å². The van der Waals surface area contributed by atoms with Crippen LogP contribution in [0.4, 0.5) is 0 Å². The number of hydrogen-bond donors (Lipinski definition) is 0. The molecular formula is C27H45O3PS. The predicted molar refractivity (Wildman–Crippen MR) is 137 cm³/mol. The minimum Gasteiger partial charge on any atom is -0.744 e. The van der Waals surface area contributed by atoms with E-state index in [1.807, 2.05) is 0 Å². The summed E-state index contributed by atoms with van der Waals surface area (Å²) >= 11 is 0. The Bertz CT molecular complexity index is 772. The maximum atomic E-state index is 10.7. The van der Waals surface area contributed by atoms with Gasteiger partial charge >= 0.3 is 0 Å². The molecule has 0 unspecified atom stereocenters. The highest BCUT2D eigenvalue weighted by molar-refractivity contribution is 7.85. The molecule has 182 valence electrons. The van der Waals surface area contributed by atoms with Crippen LogP contribution >= 0.6 is 7.26 Å². The minimum absolute atomic E-state index is 0.123. The van der Waals surface area contributed by atoms with Crippen molar-refractivity contribution in [1.82, 2.24) is 0 Å². The van der Waals surface area contributed by atoms with Gasteiger partial charge in [0.15, 0.2) is 0 Å². The molecule has 3 aliphatic rings. The third kappa shape index (κ3) is 6.36. The number of aryl methyl sites for hydroxylation is 1. The van der Waals surface area contributed by atoms with Crippen molar-refractivity contribution < 1.29 is 13.0 Å². The molecular weight excluding hydrogens is 435 g/mol. The van der Waals surface area contributed by atoms with Crippen LogP contribution in [0.15, 0.2) is 23.1 Å². The molecule has 0 bridgehead atoms. The first-order valence-electron chi connectivity index (χ1n) is 13.1.